The number of rotatable bonds is 4. The van der Waals surface area contributed by atoms with E-state index < -0.39 is 0 Å². The van der Waals surface area contributed by atoms with E-state index in [1.165, 1.54) is 12.1 Å². The molecule has 0 radical (unpaired) electrons. The number of thiazole rings is 1. The fraction of sp³-hybridized carbons (Fsp3) is 0.300. The van der Waals surface area contributed by atoms with Gasteiger partial charge in [0.25, 0.3) is 0 Å². The number of aromatic nitrogens is 1. The zero-order valence-corrected chi connectivity index (χ0v) is 16.7. The second-order valence-corrected chi connectivity index (χ2v) is 8.74. The van der Waals surface area contributed by atoms with Gasteiger partial charge in [-0.1, -0.05) is 6.07 Å². The molecular weight excluding hydrogens is 381 g/mol. The standard InChI is InChI=1S/C20H20FN3OS2/c1-14-22-20(17-3-2-12-26-17)18(27-14)13-19(25)24-10-8-23(9-11-24)16-6-4-15(21)5-7-16/h2-7,12H,8-11,13H2,1H3. The topological polar surface area (TPSA) is 36.4 Å². The van der Waals surface area contributed by atoms with Gasteiger partial charge < -0.3 is 9.80 Å². The van der Waals surface area contributed by atoms with E-state index in [0.717, 1.165) is 39.2 Å². The van der Waals surface area contributed by atoms with Crippen LogP contribution in [0, 0.1) is 12.7 Å². The van der Waals surface area contributed by atoms with Crippen molar-refractivity contribution in [3.05, 3.63) is 57.5 Å². The van der Waals surface area contributed by atoms with Crippen LogP contribution in [-0.2, 0) is 11.2 Å². The summed E-state index contributed by atoms with van der Waals surface area (Å²) in [5.41, 5.74) is 1.95. The minimum absolute atomic E-state index is 0.148. The predicted octanol–water partition coefficient (Wildman–Crippen LogP) is 4.21. The van der Waals surface area contributed by atoms with Gasteiger partial charge in [0.2, 0.25) is 5.91 Å². The molecule has 1 aromatic carbocycles. The van der Waals surface area contributed by atoms with Crippen LogP contribution >= 0.6 is 22.7 Å². The number of hydrogen-bond donors (Lipinski definition) is 0. The van der Waals surface area contributed by atoms with Gasteiger partial charge in [-0.05, 0) is 42.6 Å². The van der Waals surface area contributed by atoms with Crippen molar-refractivity contribution < 1.29 is 9.18 Å². The average molecular weight is 402 g/mol. The third kappa shape index (κ3) is 4.04. The molecule has 4 rings (SSSR count). The summed E-state index contributed by atoms with van der Waals surface area (Å²) in [6.07, 6.45) is 0.398. The van der Waals surface area contributed by atoms with Crippen molar-refractivity contribution in [1.29, 1.82) is 0 Å². The van der Waals surface area contributed by atoms with Crippen molar-refractivity contribution in [3.63, 3.8) is 0 Å². The number of carbonyl (C=O) groups excluding carboxylic acids is 1. The Hall–Kier alpha value is -2.25. The van der Waals surface area contributed by atoms with Crippen molar-refractivity contribution in [2.75, 3.05) is 31.1 Å². The van der Waals surface area contributed by atoms with Gasteiger partial charge >= 0.3 is 0 Å². The van der Waals surface area contributed by atoms with E-state index in [9.17, 15) is 9.18 Å². The smallest absolute Gasteiger partial charge is 0.228 e. The van der Waals surface area contributed by atoms with Crippen LogP contribution < -0.4 is 4.90 Å². The molecule has 0 spiro atoms. The van der Waals surface area contributed by atoms with Gasteiger partial charge in [0.05, 0.1) is 22.0 Å². The summed E-state index contributed by atoms with van der Waals surface area (Å²) < 4.78 is 13.1. The zero-order valence-electron chi connectivity index (χ0n) is 15.0. The van der Waals surface area contributed by atoms with Gasteiger partial charge in [-0.25, -0.2) is 9.37 Å². The number of amides is 1. The molecule has 27 heavy (non-hydrogen) atoms. The van der Waals surface area contributed by atoms with Gasteiger partial charge in [-0.3, -0.25) is 4.79 Å². The second kappa shape index (κ2) is 7.78. The Morgan fingerprint density at radius 2 is 1.89 bits per heavy atom. The molecule has 0 bridgehead atoms. The largest absolute Gasteiger partial charge is 0.368 e. The van der Waals surface area contributed by atoms with Crippen LogP contribution in [0.5, 0.6) is 0 Å². The summed E-state index contributed by atoms with van der Waals surface area (Å²) in [5.74, 6) is -0.0795. The van der Waals surface area contributed by atoms with E-state index in [0.29, 0.717) is 19.5 Å². The number of carbonyl (C=O) groups is 1. The summed E-state index contributed by atoms with van der Waals surface area (Å²) in [6, 6.07) is 10.6. The first kappa shape index (κ1) is 18.1. The van der Waals surface area contributed by atoms with Crippen LogP contribution in [0.25, 0.3) is 10.6 Å². The van der Waals surface area contributed by atoms with E-state index in [1.54, 1.807) is 34.8 Å². The summed E-state index contributed by atoms with van der Waals surface area (Å²) in [5, 5.41) is 3.02. The van der Waals surface area contributed by atoms with Crippen molar-refractivity contribution in [3.8, 4) is 10.6 Å². The highest BCUT2D eigenvalue weighted by molar-refractivity contribution is 7.15. The van der Waals surface area contributed by atoms with Crippen molar-refractivity contribution in [2.24, 2.45) is 0 Å². The van der Waals surface area contributed by atoms with Crippen molar-refractivity contribution in [1.82, 2.24) is 9.88 Å². The molecule has 2 aromatic heterocycles. The number of aryl methyl sites for hydroxylation is 1. The van der Waals surface area contributed by atoms with Gasteiger partial charge in [0.15, 0.2) is 0 Å². The summed E-state index contributed by atoms with van der Waals surface area (Å²) in [7, 11) is 0. The Morgan fingerprint density at radius 1 is 1.15 bits per heavy atom. The molecule has 1 aliphatic heterocycles. The molecular formula is C20H20FN3OS2. The number of nitrogens with zero attached hydrogens (tertiary/aromatic N) is 3. The molecule has 0 atom stereocenters. The Morgan fingerprint density at radius 3 is 2.56 bits per heavy atom. The van der Waals surface area contributed by atoms with Crippen LogP contribution in [0.4, 0.5) is 10.1 Å². The monoisotopic (exact) mass is 401 g/mol. The lowest BCUT2D eigenvalue weighted by Crippen LogP contribution is -2.49. The van der Waals surface area contributed by atoms with Gasteiger partial charge in [-0.15, -0.1) is 22.7 Å². The molecule has 3 aromatic rings. The second-order valence-electron chi connectivity index (χ2n) is 6.50. The lowest BCUT2D eigenvalue weighted by Gasteiger charge is -2.36. The SMILES string of the molecule is Cc1nc(-c2cccs2)c(CC(=O)N2CCN(c3ccc(F)cc3)CC2)s1. The van der Waals surface area contributed by atoms with E-state index >= 15 is 0 Å². The van der Waals surface area contributed by atoms with Crippen LogP contribution in [0.1, 0.15) is 9.88 Å². The third-order valence-electron chi connectivity index (χ3n) is 4.69. The molecule has 1 fully saturated rings. The maximum absolute atomic E-state index is 13.1. The minimum Gasteiger partial charge on any atom is -0.368 e. The lowest BCUT2D eigenvalue weighted by atomic mass is 10.2. The predicted molar refractivity (Wildman–Crippen MR) is 109 cm³/mol. The highest BCUT2D eigenvalue weighted by atomic mass is 32.1. The van der Waals surface area contributed by atoms with Gasteiger partial charge in [0, 0.05) is 36.7 Å². The molecule has 0 saturated carbocycles. The molecule has 0 unspecified atom stereocenters. The Bertz CT molecular complexity index is 913. The first-order chi connectivity index (χ1) is 13.1. The van der Waals surface area contributed by atoms with E-state index in [1.807, 2.05) is 23.3 Å². The first-order valence-corrected chi connectivity index (χ1v) is 10.6. The average Bonchev–Trinajstić information content (AvgIpc) is 3.32. The number of piperazine rings is 1. The number of hydrogen-bond acceptors (Lipinski definition) is 5. The molecule has 1 amide bonds. The van der Waals surface area contributed by atoms with Gasteiger partial charge in [-0.2, -0.15) is 0 Å². The Kier molecular flexibility index (Phi) is 5.22. The van der Waals surface area contributed by atoms with E-state index in [4.69, 9.17) is 0 Å². The maximum Gasteiger partial charge on any atom is 0.228 e. The first-order valence-electron chi connectivity index (χ1n) is 8.88. The number of anilines is 1. The number of halogens is 1. The summed E-state index contributed by atoms with van der Waals surface area (Å²) in [4.78, 5) is 23.7. The number of thiophene rings is 1. The molecule has 1 aliphatic rings. The van der Waals surface area contributed by atoms with Crippen LogP contribution in [-0.4, -0.2) is 42.0 Å². The fourth-order valence-corrected chi connectivity index (χ4v) is 5.06. The van der Waals surface area contributed by atoms with E-state index in [2.05, 4.69) is 16.0 Å². The van der Waals surface area contributed by atoms with Crippen LogP contribution in [0.3, 0.4) is 0 Å². The summed E-state index contributed by atoms with van der Waals surface area (Å²) in [6.45, 7) is 4.87. The molecule has 3 heterocycles. The van der Waals surface area contributed by atoms with Crippen molar-refractivity contribution >= 4 is 34.3 Å². The molecule has 7 heteroatoms. The molecule has 1 saturated heterocycles. The van der Waals surface area contributed by atoms with Crippen LogP contribution in [0.2, 0.25) is 0 Å². The molecule has 140 valence electrons. The number of benzene rings is 1. The zero-order chi connectivity index (χ0) is 18.8. The fourth-order valence-electron chi connectivity index (χ4n) is 3.31. The maximum atomic E-state index is 13.1. The molecule has 4 nitrogen and oxygen atoms in total. The molecule has 0 aliphatic carbocycles. The Balaban J connectivity index is 1.40. The summed E-state index contributed by atoms with van der Waals surface area (Å²) >= 11 is 3.26. The van der Waals surface area contributed by atoms with Crippen LogP contribution in [0.15, 0.2) is 41.8 Å². The molecule has 0 N–H and O–H groups in total. The normalized spacial score (nSPS) is 14.6. The van der Waals surface area contributed by atoms with Gasteiger partial charge in [0.1, 0.15) is 5.82 Å². The lowest BCUT2D eigenvalue weighted by molar-refractivity contribution is -0.130. The Labute approximate surface area is 165 Å². The highest BCUT2D eigenvalue weighted by Gasteiger charge is 2.23. The highest BCUT2D eigenvalue weighted by Crippen LogP contribution is 2.32. The van der Waals surface area contributed by atoms with Crippen molar-refractivity contribution in [2.45, 2.75) is 13.3 Å². The quantitative estimate of drug-likeness (QED) is 0.657. The minimum atomic E-state index is -0.228. The third-order valence-corrected chi connectivity index (χ3v) is 6.54. The van der Waals surface area contributed by atoms with E-state index in [-0.39, 0.29) is 11.7 Å².